The number of halogens is 1. The van der Waals surface area contributed by atoms with Crippen LogP contribution in [0.5, 0.6) is 5.75 Å². The molecule has 1 fully saturated rings. The molecule has 0 aromatic heterocycles. The minimum absolute atomic E-state index is 0.200. The average molecular weight is 443 g/mol. The monoisotopic (exact) mass is 442 g/mol. The van der Waals surface area contributed by atoms with E-state index in [1.54, 1.807) is 12.0 Å². The number of nitrogens with one attached hydrogen (secondary N) is 1. The SMILES string of the molecule is COc1ccc(C2Cc3c(Cl)cccc3N(CC3CCCN3)C(=O)C2OC(C)=O)cc1. The first-order chi connectivity index (χ1) is 15.0. The lowest BCUT2D eigenvalue weighted by Crippen LogP contribution is -2.47. The minimum Gasteiger partial charge on any atom is -0.497 e. The number of hydrogen-bond donors (Lipinski definition) is 1. The van der Waals surface area contributed by atoms with Gasteiger partial charge in [-0.2, -0.15) is 0 Å². The first-order valence-electron chi connectivity index (χ1n) is 10.6. The molecular formula is C24H27ClN2O4. The lowest BCUT2D eigenvalue weighted by Gasteiger charge is -2.30. The summed E-state index contributed by atoms with van der Waals surface area (Å²) in [6, 6.07) is 13.4. The molecule has 0 aliphatic carbocycles. The number of carbonyl (C=O) groups is 2. The number of benzene rings is 2. The molecule has 3 unspecified atom stereocenters. The zero-order chi connectivity index (χ0) is 22.0. The van der Waals surface area contributed by atoms with E-state index in [0.29, 0.717) is 18.0 Å². The second kappa shape index (κ2) is 9.28. The van der Waals surface area contributed by atoms with Crippen LogP contribution in [-0.4, -0.2) is 44.2 Å². The lowest BCUT2D eigenvalue weighted by molar-refractivity contribution is -0.154. The van der Waals surface area contributed by atoms with E-state index in [9.17, 15) is 9.59 Å². The van der Waals surface area contributed by atoms with E-state index >= 15 is 0 Å². The molecule has 164 valence electrons. The van der Waals surface area contributed by atoms with Crippen LogP contribution >= 0.6 is 11.6 Å². The van der Waals surface area contributed by atoms with Crippen LogP contribution in [0.3, 0.4) is 0 Å². The van der Waals surface area contributed by atoms with Crippen LogP contribution in [0, 0.1) is 0 Å². The average Bonchev–Trinajstić information content (AvgIpc) is 3.24. The van der Waals surface area contributed by atoms with Crippen molar-refractivity contribution >= 4 is 29.2 Å². The molecule has 2 aromatic carbocycles. The molecule has 31 heavy (non-hydrogen) atoms. The van der Waals surface area contributed by atoms with E-state index in [1.807, 2.05) is 42.5 Å². The Bertz CT molecular complexity index is 957. The number of fused-ring (bicyclic) bond motifs is 1. The van der Waals surface area contributed by atoms with Gasteiger partial charge in [-0.1, -0.05) is 29.8 Å². The lowest BCUT2D eigenvalue weighted by atomic mass is 9.87. The van der Waals surface area contributed by atoms with Gasteiger partial charge in [0.2, 0.25) is 0 Å². The second-order valence-corrected chi connectivity index (χ2v) is 8.50. The molecule has 4 rings (SSSR count). The van der Waals surface area contributed by atoms with Crippen LogP contribution in [0.2, 0.25) is 5.02 Å². The molecule has 1 N–H and O–H groups in total. The Morgan fingerprint density at radius 3 is 2.65 bits per heavy atom. The highest BCUT2D eigenvalue weighted by molar-refractivity contribution is 6.32. The van der Waals surface area contributed by atoms with E-state index in [4.69, 9.17) is 21.1 Å². The van der Waals surface area contributed by atoms with Crippen LogP contribution < -0.4 is 15.0 Å². The summed E-state index contributed by atoms with van der Waals surface area (Å²) in [7, 11) is 1.61. The maximum atomic E-state index is 13.8. The summed E-state index contributed by atoms with van der Waals surface area (Å²) in [5.41, 5.74) is 2.58. The number of esters is 1. The molecule has 2 heterocycles. The van der Waals surface area contributed by atoms with Gasteiger partial charge in [0.1, 0.15) is 5.75 Å². The Balaban J connectivity index is 1.79. The van der Waals surface area contributed by atoms with Crippen LogP contribution in [0.4, 0.5) is 5.69 Å². The molecule has 0 radical (unpaired) electrons. The zero-order valence-corrected chi connectivity index (χ0v) is 18.5. The van der Waals surface area contributed by atoms with Gasteiger partial charge in [-0.25, -0.2) is 0 Å². The molecule has 1 saturated heterocycles. The third-order valence-corrected chi connectivity index (χ3v) is 6.44. The van der Waals surface area contributed by atoms with Gasteiger partial charge in [0.05, 0.1) is 7.11 Å². The molecule has 2 aliphatic heterocycles. The van der Waals surface area contributed by atoms with Gasteiger partial charge in [-0.15, -0.1) is 0 Å². The van der Waals surface area contributed by atoms with Crippen molar-refractivity contribution in [3.63, 3.8) is 0 Å². The maximum absolute atomic E-state index is 13.8. The van der Waals surface area contributed by atoms with Crippen molar-refractivity contribution in [3.8, 4) is 5.75 Å². The normalized spacial score (nSPS) is 23.3. The van der Waals surface area contributed by atoms with Crippen molar-refractivity contribution in [3.05, 3.63) is 58.6 Å². The fourth-order valence-corrected chi connectivity index (χ4v) is 4.80. The smallest absolute Gasteiger partial charge is 0.303 e. The van der Waals surface area contributed by atoms with E-state index < -0.39 is 12.1 Å². The Hall–Kier alpha value is -2.57. The van der Waals surface area contributed by atoms with Gasteiger partial charge >= 0.3 is 5.97 Å². The van der Waals surface area contributed by atoms with Gasteiger partial charge in [0.15, 0.2) is 6.10 Å². The number of amides is 1. The molecule has 2 aromatic rings. The molecular weight excluding hydrogens is 416 g/mol. The Kier molecular flexibility index (Phi) is 6.49. The Morgan fingerprint density at radius 2 is 2.00 bits per heavy atom. The first kappa shape index (κ1) is 21.7. The van der Waals surface area contributed by atoms with Crippen molar-refractivity contribution in [1.82, 2.24) is 5.32 Å². The van der Waals surface area contributed by atoms with E-state index in [-0.39, 0.29) is 17.9 Å². The van der Waals surface area contributed by atoms with Crippen LogP contribution in [0.15, 0.2) is 42.5 Å². The maximum Gasteiger partial charge on any atom is 0.303 e. The summed E-state index contributed by atoms with van der Waals surface area (Å²) in [5, 5.41) is 4.06. The highest BCUT2D eigenvalue weighted by Gasteiger charge is 2.41. The van der Waals surface area contributed by atoms with Crippen LogP contribution in [0.1, 0.15) is 36.8 Å². The zero-order valence-electron chi connectivity index (χ0n) is 17.8. The summed E-state index contributed by atoms with van der Waals surface area (Å²) in [6.45, 7) is 2.79. The number of nitrogens with zero attached hydrogens (tertiary/aromatic N) is 1. The fourth-order valence-electron chi connectivity index (χ4n) is 4.55. The molecule has 0 bridgehead atoms. The number of ether oxygens (including phenoxy) is 2. The highest BCUT2D eigenvalue weighted by Crippen LogP contribution is 2.40. The van der Waals surface area contributed by atoms with Gasteiger partial charge < -0.3 is 19.7 Å². The standard InChI is InChI=1S/C24H27ClN2O4/c1-15(28)31-23-19(16-8-10-18(30-2)11-9-16)13-20-21(25)6-3-7-22(20)27(24(23)29)14-17-5-4-12-26-17/h3,6-11,17,19,23,26H,4-5,12-14H2,1-2H3. The number of anilines is 1. The number of hydrogen-bond acceptors (Lipinski definition) is 5. The largest absolute Gasteiger partial charge is 0.497 e. The topological polar surface area (TPSA) is 67.9 Å². The Morgan fingerprint density at radius 1 is 1.23 bits per heavy atom. The first-order valence-corrected chi connectivity index (χ1v) is 11.0. The molecule has 2 aliphatic rings. The van der Waals surface area contributed by atoms with Crippen molar-refractivity contribution < 1.29 is 19.1 Å². The molecule has 6 nitrogen and oxygen atoms in total. The minimum atomic E-state index is -0.934. The van der Waals surface area contributed by atoms with Crippen molar-refractivity contribution in [1.29, 1.82) is 0 Å². The van der Waals surface area contributed by atoms with Gasteiger partial charge in [-0.3, -0.25) is 9.59 Å². The number of rotatable bonds is 5. The van der Waals surface area contributed by atoms with Gasteiger partial charge in [0.25, 0.3) is 5.91 Å². The molecule has 7 heteroatoms. The predicted octanol–water partition coefficient (Wildman–Crippen LogP) is 3.71. The van der Waals surface area contributed by atoms with Crippen LogP contribution in [0.25, 0.3) is 0 Å². The molecule has 0 spiro atoms. The summed E-state index contributed by atoms with van der Waals surface area (Å²) in [4.78, 5) is 27.5. The van der Waals surface area contributed by atoms with E-state index in [0.717, 1.165) is 42.0 Å². The van der Waals surface area contributed by atoms with E-state index in [1.165, 1.54) is 6.92 Å². The summed E-state index contributed by atoms with van der Waals surface area (Å²) in [5.74, 6) is -0.332. The molecule has 1 amide bonds. The number of carbonyl (C=O) groups excluding carboxylic acids is 2. The molecule has 0 saturated carbocycles. The molecule has 3 atom stereocenters. The third-order valence-electron chi connectivity index (χ3n) is 6.09. The van der Waals surface area contributed by atoms with Crippen molar-refractivity contribution in [2.75, 3.05) is 25.1 Å². The number of methoxy groups -OCH3 is 1. The van der Waals surface area contributed by atoms with E-state index in [2.05, 4.69) is 5.32 Å². The van der Waals surface area contributed by atoms with Crippen LogP contribution in [-0.2, 0) is 20.7 Å². The summed E-state index contributed by atoms with van der Waals surface area (Å²) in [6.07, 6.45) is 1.63. The third kappa shape index (κ3) is 4.55. The summed E-state index contributed by atoms with van der Waals surface area (Å²) < 4.78 is 10.9. The second-order valence-electron chi connectivity index (χ2n) is 8.09. The predicted molar refractivity (Wildman–Crippen MR) is 120 cm³/mol. The van der Waals surface area contributed by atoms with Gasteiger partial charge in [0, 0.05) is 36.1 Å². The highest BCUT2D eigenvalue weighted by atomic mass is 35.5. The summed E-state index contributed by atoms with van der Waals surface area (Å²) >= 11 is 6.62. The van der Waals surface area contributed by atoms with Crippen molar-refractivity contribution in [2.24, 2.45) is 0 Å². The Labute approximate surface area is 187 Å². The quantitative estimate of drug-likeness (QED) is 0.715. The van der Waals surface area contributed by atoms with Gasteiger partial charge in [-0.05, 0) is 61.2 Å². The fraction of sp³-hybridized carbons (Fsp3) is 0.417. The van der Waals surface area contributed by atoms with Crippen molar-refractivity contribution in [2.45, 2.75) is 44.2 Å².